The van der Waals surface area contributed by atoms with Crippen LogP contribution in [0.5, 0.6) is 28.7 Å². The fraction of sp³-hybridized carbons (Fsp3) is 0.462. The largest absolute Gasteiger partial charge is 0.493 e. The van der Waals surface area contributed by atoms with E-state index >= 15 is 0 Å². The summed E-state index contributed by atoms with van der Waals surface area (Å²) in [5.74, 6) is 2.19. The number of nitrogens with zero attached hydrogens (tertiary/aromatic N) is 2. The fourth-order valence-corrected chi connectivity index (χ4v) is 5.32. The van der Waals surface area contributed by atoms with Crippen LogP contribution >= 0.6 is 0 Å². The molecule has 0 spiro atoms. The number of anilines is 1. The number of ether oxygens (including phenoxy) is 5. The maximum Gasteiger partial charge on any atom is 0.231 e. The quantitative estimate of drug-likeness (QED) is 0.622. The van der Waals surface area contributed by atoms with Gasteiger partial charge in [-0.05, 0) is 49.1 Å². The van der Waals surface area contributed by atoms with Crippen LogP contribution in [-0.4, -0.2) is 57.9 Å². The van der Waals surface area contributed by atoms with Crippen molar-refractivity contribution >= 4 is 17.5 Å². The third-order valence-electron chi connectivity index (χ3n) is 7.00. The Morgan fingerprint density at radius 1 is 0.943 bits per heavy atom. The van der Waals surface area contributed by atoms with Gasteiger partial charge in [-0.25, -0.2) is 0 Å². The molecule has 5 rings (SSSR count). The lowest BCUT2D eigenvalue weighted by atomic mass is 9.82. The lowest BCUT2D eigenvalue weighted by Crippen LogP contribution is -2.49. The first-order chi connectivity index (χ1) is 17.0. The first-order valence-corrected chi connectivity index (χ1v) is 11.9. The third-order valence-corrected chi connectivity index (χ3v) is 7.00. The molecule has 3 aliphatic heterocycles. The second-order valence-corrected chi connectivity index (χ2v) is 8.88. The van der Waals surface area contributed by atoms with Crippen molar-refractivity contribution in [2.24, 2.45) is 5.92 Å². The van der Waals surface area contributed by atoms with Crippen LogP contribution in [0.15, 0.2) is 30.3 Å². The van der Waals surface area contributed by atoms with Gasteiger partial charge < -0.3 is 33.5 Å². The molecule has 3 heterocycles. The lowest BCUT2D eigenvalue weighted by molar-refractivity contribution is -0.137. The number of hydrogen-bond acceptors (Lipinski definition) is 7. The van der Waals surface area contributed by atoms with Crippen LogP contribution in [0.25, 0.3) is 0 Å². The highest BCUT2D eigenvalue weighted by atomic mass is 16.7. The maximum absolute atomic E-state index is 13.7. The first-order valence-electron chi connectivity index (χ1n) is 11.9. The summed E-state index contributed by atoms with van der Waals surface area (Å²) in [6.45, 7) is 1.63. The zero-order valence-electron chi connectivity index (χ0n) is 20.2. The number of fused-ring (bicyclic) bond motifs is 1. The van der Waals surface area contributed by atoms with E-state index in [-0.39, 0.29) is 25.0 Å². The summed E-state index contributed by atoms with van der Waals surface area (Å²) >= 11 is 0. The zero-order chi connectivity index (χ0) is 24.5. The molecular formula is C26H30N2O7. The molecule has 0 radical (unpaired) electrons. The van der Waals surface area contributed by atoms with Crippen LogP contribution in [0.4, 0.5) is 5.69 Å². The fourth-order valence-electron chi connectivity index (χ4n) is 5.32. The molecule has 2 atom stereocenters. The average Bonchev–Trinajstić information content (AvgIpc) is 3.59. The Bertz CT molecular complexity index is 1100. The van der Waals surface area contributed by atoms with Gasteiger partial charge in [-0.15, -0.1) is 0 Å². The molecule has 0 aliphatic carbocycles. The molecule has 186 valence electrons. The normalized spacial score (nSPS) is 21.3. The van der Waals surface area contributed by atoms with Crippen LogP contribution in [0.2, 0.25) is 0 Å². The molecule has 0 N–H and O–H groups in total. The molecule has 0 bridgehead atoms. The summed E-state index contributed by atoms with van der Waals surface area (Å²) in [7, 11) is 4.65. The Morgan fingerprint density at radius 3 is 2.29 bits per heavy atom. The van der Waals surface area contributed by atoms with E-state index in [0.29, 0.717) is 40.9 Å². The Morgan fingerprint density at radius 2 is 1.63 bits per heavy atom. The van der Waals surface area contributed by atoms with E-state index in [1.54, 1.807) is 38.4 Å². The van der Waals surface area contributed by atoms with E-state index < -0.39 is 12.0 Å². The average molecular weight is 483 g/mol. The van der Waals surface area contributed by atoms with E-state index in [1.165, 1.54) is 0 Å². The molecular weight excluding hydrogens is 452 g/mol. The summed E-state index contributed by atoms with van der Waals surface area (Å²) in [6.07, 6.45) is 2.74. The van der Waals surface area contributed by atoms with Crippen molar-refractivity contribution < 1.29 is 33.3 Å². The Balaban J connectivity index is 1.65. The summed E-state index contributed by atoms with van der Waals surface area (Å²) in [4.78, 5) is 30.8. The summed E-state index contributed by atoms with van der Waals surface area (Å²) < 4.78 is 27.7. The lowest BCUT2D eigenvalue weighted by Gasteiger charge is -2.42. The second kappa shape index (κ2) is 9.56. The molecule has 2 saturated heterocycles. The van der Waals surface area contributed by atoms with Crippen LogP contribution in [0.1, 0.15) is 37.3 Å². The molecule has 0 saturated carbocycles. The minimum absolute atomic E-state index is 0.0620. The molecule has 0 unspecified atom stereocenters. The topological polar surface area (TPSA) is 86.8 Å². The van der Waals surface area contributed by atoms with E-state index in [4.69, 9.17) is 23.7 Å². The van der Waals surface area contributed by atoms with Crippen LogP contribution in [0, 0.1) is 5.92 Å². The molecule has 9 nitrogen and oxygen atoms in total. The van der Waals surface area contributed by atoms with E-state index in [1.807, 2.05) is 23.1 Å². The number of benzene rings is 2. The maximum atomic E-state index is 13.7. The molecule has 2 fully saturated rings. The standard InChI is InChI=1S/C26H30N2O7/c1-31-21-12-16(13-22(32-2)25(21)33-3)24-18(26(30)27-10-4-5-11-27)7-9-23(29)28(24)17-6-8-19-20(14-17)35-15-34-19/h6,8,12-14,18,24H,4-5,7,9-11,15H2,1-3H3/t18-,24-/m1/s1. The van der Waals surface area contributed by atoms with Gasteiger partial charge in [0.2, 0.25) is 24.4 Å². The minimum atomic E-state index is -0.557. The summed E-state index contributed by atoms with van der Waals surface area (Å²) in [5.41, 5.74) is 1.39. The van der Waals surface area contributed by atoms with Gasteiger partial charge in [-0.3, -0.25) is 9.59 Å². The minimum Gasteiger partial charge on any atom is -0.493 e. The van der Waals surface area contributed by atoms with Crippen molar-refractivity contribution in [3.05, 3.63) is 35.9 Å². The van der Waals surface area contributed by atoms with Gasteiger partial charge in [0.1, 0.15) is 0 Å². The van der Waals surface area contributed by atoms with Gasteiger partial charge in [0.15, 0.2) is 23.0 Å². The van der Waals surface area contributed by atoms with Gasteiger partial charge in [0, 0.05) is 31.3 Å². The summed E-state index contributed by atoms with van der Waals surface area (Å²) in [5, 5.41) is 0. The molecule has 2 aromatic rings. The van der Waals surface area contributed by atoms with Crippen molar-refractivity contribution in [2.45, 2.75) is 31.7 Å². The molecule has 2 amide bonds. The number of carbonyl (C=O) groups is 2. The van der Waals surface area contributed by atoms with Crippen molar-refractivity contribution in [2.75, 3.05) is 46.1 Å². The third kappa shape index (κ3) is 4.09. The predicted octanol–water partition coefficient (Wildman–Crippen LogP) is 3.55. The van der Waals surface area contributed by atoms with Crippen LogP contribution in [-0.2, 0) is 9.59 Å². The highest BCUT2D eigenvalue weighted by Gasteiger charge is 2.44. The van der Waals surface area contributed by atoms with Crippen molar-refractivity contribution in [1.29, 1.82) is 0 Å². The highest BCUT2D eigenvalue weighted by molar-refractivity contribution is 5.98. The van der Waals surface area contributed by atoms with Gasteiger partial charge >= 0.3 is 0 Å². The van der Waals surface area contributed by atoms with Gasteiger partial charge in [-0.2, -0.15) is 0 Å². The van der Waals surface area contributed by atoms with Crippen molar-refractivity contribution in [1.82, 2.24) is 4.90 Å². The number of rotatable bonds is 6. The van der Waals surface area contributed by atoms with E-state index in [2.05, 4.69) is 0 Å². The van der Waals surface area contributed by atoms with Gasteiger partial charge in [-0.1, -0.05) is 0 Å². The Kier molecular flexibility index (Phi) is 6.32. The molecule has 35 heavy (non-hydrogen) atoms. The SMILES string of the molecule is COc1cc([C@@H]2[C@H](C(=O)N3CCCC3)CCC(=O)N2c2ccc3c(c2)OCO3)cc(OC)c1OC. The molecule has 9 heteroatoms. The summed E-state index contributed by atoms with van der Waals surface area (Å²) in [6, 6.07) is 8.53. The Hall–Kier alpha value is -3.62. The number of carbonyl (C=O) groups excluding carboxylic acids is 2. The van der Waals surface area contributed by atoms with Crippen LogP contribution in [0.3, 0.4) is 0 Å². The monoisotopic (exact) mass is 482 g/mol. The highest BCUT2D eigenvalue weighted by Crippen LogP contribution is 2.47. The predicted molar refractivity (Wildman–Crippen MR) is 127 cm³/mol. The number of amides is 2. The molecule has 0 aromatic heterocycles. The Labute approximate surface area is 204 Å². The number of piperidine rings is 1. The van der Waals surface area contributed by atoms with Crippen molar-refractivity contribution in [3.8, 4) is 28.7 Å². The number of methoxy groups -OCH3 is 3. The molecule has 2 aromatic carbocycles. The smallest absolute Gasteiger partial charge is 0.231 e. The van der Waals surface area contributed by atoms with Crippen molar-refractivity contribution in [3.63, 3.8) is 0 Å². The number of hydrogen-bond donors (Lipinski definition) is 0. The first kappa shape index (κ1) is 23.1. The van der Waals surface area contributed by atoms with Gasteiger partial charge in [0.05, 0.1) is 33.3 Å². The van der Waals surface area contributed by atoms with E-state index in [9.17, 15) is 9.59 Å². The second-order valence-electron chi connectivity index (χ2n) is 8.88. The molecule has 3 aliphatic rings. The zero-order valence-corrected chi connectivity index (χ0v) is 20.2. The number of likely N-dealkylation sites (tertiary alicyclic amines) is 1. The van der Waals surface area contributed by atoms with Crippen LogP contribution < -0.4 is 28.6 Å². The van der Waals surface area contributed by atoms with E-state index in [0.717, 1.165) is 31.5 Å². The van der Waals surface area contributed by atoms with Gasteiger partial charge in [0.25, 0.3) is 0 Å².